The van der Waals surface area contributed by atoms with Gasteiger partial charge in [0.1, 0.15) is 0 Å². The highest BCUT2D eigenvalue weighted by molar-refractivity contribution is 8.24. The molecule has 0 aromatic carbocycles. The molecule has 0 nitrogen and oxygen atoms in total. The van der Waals surface area contributed by atoms with E-state index in [9.17, 15) is 0 Å². The predicted octanol–water partition coefficient (Wildman–Crippen LogP) is 4.12. The van der Waals surface area contributed by atoms with Crippen molar-refractivity contribution in [1.29, 1.82) is 0 Å². The van der Waals surface area contributed by atoms with Gasteiger partial charge >= 0.3 is 0 Å². The van der Waals surface area contributed by atoms with Gasteiger partial charge in [-0.2, -0.15) is 0 Å². The summed E-state index contributed by atoms with van der Waals surface area (Å²) in [5.41, 5.74) is 1.24. The Hall–Kier alpha value is -0.0800. The molecule has 0 radical (unpaired) electrons. The summed E-state index contributed by atoms with van der Waals surface area (Å²) in [6, 6.07) is 0. The smallest absolute Gasteiger partial charge is 0.0780 e. The zero-order valence-electron chi connectivity index (χ0n) is 8.46. The second-order valence-electron chi connectivity index (χ2n) is 4.14. The Balaban J connectivity index is 2.58. The van der Waals surface area contributed by atoms with Gasteiger partial charge in [0.15, 0.2) is 0 Å². The number of thiocarbonyl (C=S) groups is 1. The average molecular weight is 212 g/mol. The van der Waals surface area contributed by atoms with Gasteiger partial charge < -0.3 is 0 Å². The third-order valence-corrected chi connectivity index (χ3v) is 3.15. The van der Waals surface area contributed by atoms with Gasteiger partial charge in [0.05, 0.1) is 4.20 Å². The fraction of sp³-hybridized carbons (Fsp3) is 0.545. The molecule has 72 valence electrons. The molecule has 0 aromatic rings. The molecule has 0 saturated heterocycles. The number of thioether (sulfide) groups is 1. The van der Waals surface area contributed by atoms with Crippen molar-refractivity contribution in [3.63, 3.8) is 0 Å². The summed E-state index contributed by atoms with van der Waals surface area (Å²) in [6.07, 6.45) is 8.87. The molecule has 2 heteroatoms. The molecule has 0 spiro atoms. The first kappa shape index (κ1) is 11.0. The highest BCUT2D eigenvalue weighted by Gasteiger charge is 2.15. The molecule has 0 fully saturated rings. The maximum atomic E-state index is 5.37. The molecule has 1 aliphatic rings. The largest absolute Gasteiger partial charge is 0.108 e. The Morgan fingerprint density at radius 2 is 2.08 bits per heavy atom. The summed E-state index contributed by atoms with van der Waals surface area (Å²) >= 11 is 7.14. The van der Waals surface area contributed by atoms with Crippen molar-refractivity contribution >= 4 is 28.2 Å². The SMILES string of the molecule is CC(C)(C)SC(=S)C1=CCCC=C1. The Bertz CT molecular complexity index is 254. The minimum atomic E-state index is 0.225. The lowest BCUT2D eigenvalue weighted by atomic mass is 10.1. The molecule has 1 aliphatic carbocycles. The Morgan fingerprint density at radius 3 is 2.54 bits per heavy atom. The van der Waals surface area contributed by atoms with E-state index in [1.54, 1.807) is 11.8 Å². The van der Waals surface area contributed by atoms with Crippen LogP contribution in [0, 0.1) is 0 Å². The summed E-state index contributed by atoms with van der Waals surface area (Å²) in [6.45, 7) is 6.57. The summed E-state index contributed by atoms with van der Waals surface area (Å²) in [5, 5.41) is 0. The van der Waals surface area contributed by atoms with Crippen molar-refractivity contribution in [1.82, 2.24) is 0 Å². The molecule has 0 aromatic heterocycles. The van der Waals surface area contributed by atoms with Crippen molar-refractivity contribution in [2.24, 2.45) is 0 Å². The van der Waals surface area contributed by atoms with Gasteiger partial charge in [0, 0.05) is 4.75 Å². The van der Waals surface area contributed by atoms with E-state index in [1.807, 2.05) is 0 Å². The standard InChI is InChI=1S/C11H16S2/c1-11(2,3)13-10(12)9-7-5-4-6-8-9/h5,7-8H,4,6H2,1-3H3. The van der Waals surface area contributed by atoms with Crippen molar-refractivity contribution < 1.29 is 0 Å². The fourth-order valence-electron chi connectivity index (χ4n) is 1.10. The Labute approximate surface area is 90.5 Å². The highest BCUT2D eigenvalue weighted by Crippen LogP contribution is 2.29. The predicted molar refractivity (Wildman–Crippen MR) is 66.4 cm³/mol. The summed E-state index contributed by atoms with van der Waals surface area (Å²) in [5.74, 6) is 0. The van der Waals surface area contributed by atoms with E-state index in [1.165, 1.54) is 5.57 Å². The van der Waals surface area contributed by atoms with Crippen LogP contribution in [0.25, 0.3) is 0 Å². The van der Waals surface area contributed by atoms with Gasteiger partial charge in [-0.25, -0.2) is 0 Å². The molecule has 0 saturated carbocycles. The summed E-state index contributed by atoms with van der Waals surface area (Å²) < 4.78 is 1.26. The minimum absolute atomic E-state index is 0.225. The van der Waals surface area contributed by atoms with Crippen LogP contribution in [0.2, 0.25) is 0 Å². The van der Waals surface area contributed by atoms with E-state index in [4.69, 9.17) is 12.2 Å². The van der Waals surface area contributed by atoms with Gasteiger partial charge in [-0.05, 0) is 18.4 Å². The van der Waals surface area contributed by atoms with E-state index in [0.717, 1.165) is 17.0 Å². The molecule has 0 amide bonds. The monoisotopic (exact) mass is 212 g/mol. The van der Waals surface area contributed by atoms with Crippen molar-refractivity contribution in [3.05, 3.63) is 23.8 Å². The normalized spacial score (nSPS) is 17.0. The van der Waals surface area contributed by atoms with Gasteiger partial charge in [0.2, 0.25) is 0 Å². The first-order valence-corrected chi connectivity index (χ1v) is 5.81. The lowest BCUT2D eigenvalue weighted by Gasteiger charge is -2.19. The van der Waals surface area contributed by atoms with E-state index in [2.05, 4.69) is 39.0 Å². The van der Waals surface area contributed by atoms with Gasteiger partial charge in [-0.15, -0.1) is 11.8 Å². The summed E-state index contributed by atoms with van der Waals surface area (Å²) in [4.78, 5) is 0. The lowest BCUT2D eigenvalue weighted by Crippen LogP contribution is -2.11. The van der Waals surface area contributed by atoms with Crippen LogP contribution in [0.3, 0.4) is 0 Å². The Morgan fingerprint density at radius 1 is 1.38 bits per heavy atom. The maximum absolute atomic E-state index is 5.37. The second-order valence-corrected chi connectivity index (χ2v) is 6.64. The van der Waals surface area contributed by atoms with Crippen LogP contribution in [0.15, 0.2) is 23.8 Å². The third kappa shape index (κ3) is 4.10. The molecule has 0 aliphatic heterocycles. The molecule has 0 N–H and O–H groups in total. The topological polar surface area (TPSA) is 0 Å². The second kappa shape index (κ2) is 4.43. The van der Waals surface area contributed by atoms with E-state index in [0.29, 0.717) is 0 Å². The average Bonchev–Trinajstić information content (AvgIpc) is 2.03. The molecular formula is C11H16S2. The van der Waals surface area contributed by atoms with Gasteiger partial charge in [-0.3, -0.25) is 0 Å². The molecular weight excluding hydrogens is 196 g/mol. The van der Waals surface area contributed by atoms with Crippen molar-refractivity contribution in [2.75, 3.05) is 0 Å². The van der Waals surface area contributed by atoms with E-state index >= 15 is 0 Å². The number of rotatable bonds is 1. The minimum Gasteiger partial charge on any atom is -0.108 e. The molecule has 0 bridgehead atoms. The van der Waals surface area contributed by atoms with E-state index < -0.39 is 0 Å². The van der Waals surface area contributed by atoms with E-state index in [-0.39, 0.29) is 4.75 Å². The zero-order valence-corrected chi connectivity index (χ0v) is 10.1. The molecule has 0 unspecified atom stereocenters. The van der Waals surface area contributed by atoms with Crippen LogP contribution < -0.4 is 0 Å². The summed E-state index contributed by atoms with van der Waals surface area (Å²) in [7, 11) is 0. The van der Waals surface area contributed by atoms with Gasteiger partial charge in [0.25, 0.3) is 0 Å². The zero-order chi connectivity index (χ0) is 9.90. The van der Waals surface area contributed by atoms with Gasteiger partial charge in [-0.1, -0.05) is 51.2 Å². The van der Waals surface area contributed by atoms with Crippen LogP contribution in [-0.4, -0.2) is 8.94 Å². The van der Waals surface area contributed by atoms with Crippen molar-refractivity contribution in [3.8, 4) is 0 Å². The Kier molecular flexibility index (Phi) is 3.74. The lowest BCUT2D eigenvalue weighted by molar-refractivity contribution is 0.809. The van der Waals surface area contributed by atoms with Crippen LogP contribution in [-0.2, 0) is 0 Å². The highest BCUT2D eigenvalue weighted by atomic mass is 32.2. The molecule has 1 rings (SSSR count). The maximum Gasteiger partial charge on any atom is 0.0780 e. The number of allylic oxidation sites excluding steroid dienone is 3. The first-order chi connectivity index (χ1) is 5.99. The van der Waals surface area contributed by atoms with Crippen LogP contribution in [0.1, 0.15) is 33.6 Å². The third-order valence-electron chi connectivity index (χ3n) is 1.63. The molecule has 13 heavy (non-hydrogen) atoms. The fourth-order valence-corrected chi connectivity index (χ4v) is 2.83. The number of hydrogen-bond acceptors (Lipinski definition) is 2. The number of hydrogen-bond donors (Lipinski definition) is 0. The first-order valence-electron chi connectivity index (χ1n) is 4.59. The quantitative estimate of drug-likeness (QED) is 0.600. The molecule has 0 heterocycles. The van der Waals surface area contributed by atoms with Crippen molar-refractivity contribution in [2.45, 2.75) is 38.4 Å². The van der Waals surface area contributed by atoms with Crippen LogP contribution in [0.5, 0.6) is 0 Å². The van der Waals surface area contributed by atoms with Crippen LogP contribution in [0.4, 0.5) is 0 Å². The molecule has 0 atom stereocenters. The van der Waals surface area contributed by atoms with Crippen LogP contribution >= 0.6 is 24.0 Å².